The van der Waals surface area contributed by atoms with Gasteiger partial charge in [-0.1, -0.05) is 13.3 Å². The molecule has 1 unspecified atom stereocenters. The number of halogens is 4. The number of carbonyl (C=O) groups excluding carboxylic acids is 1. The van der Waals surface area contributed by atoms with Gasteiger partial charge in [-0.25, -0.2) is 13.2 Å². The van der Waals surface area contributed by atoms with Crippen molar-refractivity contribution in [2.24, 2.45) is 0 Å². The molecule has 0 aliphatic heterocycles. The number of amides is 1. The predicted molar refractivity (Wildman–Crippen MR) is 63.2 cm³/mol. The highest BCUT2D eigenvalue weighted by Gasteiger charge is 2.19. The molecule has 1 atom stereocenters. The van der Waals surface area contributed by atoms with Gasteiger partial charge in [-0.05, 0) is 6.42 Å². The van der Waals surface area contributed by atoms with E-state index in [0.29, 0.717) is 18.6 Å². The van der Waals surface area contributed by atoms with Gasteiger partial charge in [-0.3, -0.25) is 4.79 Å². The summed E-state index contributed by atoms with van der Waals surface area (Å²) >= 11 is 5.86. The van der Waals surface area contributed by atoms with Crippen LogP contribution in [0.2, 0.25) is 0 Å². The lowest BCUT2D eigenvalue weighted by Gasteiger charge is -2.10. The lowest BCUT2D eigenvalue weighted by molar-refractivity contribution is 0.0944. The molecule has 6 heteroatoms. The summed E-state index contributed by atoms with van der Waals surface area (Å²) < 4.78 is 39.2. The lowest BCUT2D eigenvalue weighted by atomic mass is 10.1. The standard InChI is InChI=1S/C12H13ClF3NO/c1-2-3-7(13)6-17-12(18)11-9(15)4-8(14)5-10(11)16/h4-5,7H,2-3,6H2,1H3,(H,17,18). The molecule has 0 radical (unpaired) electrons. The first-order valence-electron chi connectivity index (χ1n) is 5.52. The minimum atomic E-state index is -1.23. The van der Waals surface area contributed by atoms with E-state index in [1.54, 1.807) is 0 Å². The minimum absolute atomic E-state index is 0.102. The van der Waals surface area contributed by atoms with Crippen LogP contribution in [0.3, 0.4) is 0 Å². The van der Waals surface area contributed by atoms with Crippen LogP contribution in [0.5, 0.6) is 0 Å². The topological polar surface area (TPSA) is 29.1 Å². The third kappa shape index (κ3) is 3.91. The fourth-order valence-corrected chi connectivity index (χ4v) is 1.76. The zero-order valence-electron chi connectivity index (χ0n) is 9.77. The SMILES string of the molecule is CCCC(Cl)CNC(=O)c1c(F)cc(F)cc1F. The number of hydrogen-bond acceptors (Lipinski definition) is 1. The fourth-order valence-electron chi connectivity index (χ4n) is 1.47. The number of carbonyl (C=O) groups is 1. The molecule has 18 heavy (non-hydrogen) atoms. The van der Waals surface area contributed by atoms with Gasteiger partial charge in [0.1, 0.15) is 23.0 Å². The van der Waals surface area contributed by atoms with Gasteiger partial charge in [-0.2, -0.15) is 0 Å². The molecule has 0 heterocycles. The zero-order chi connectivity index (χ0) is 13.7. The first-order valence-corrected chi connectivity index (χ1v) is 5.96. The summed E-state index contributed by atoms with van der Waals surface area (Å²) in [5, 5.41) is 2.01. The average Bonchev–Trinajstić information content (AvgIpc) is 2.25. The van der Waals surface area contributed by atoms with Crippen molar-refractivity contribution in [2.45, 2.75) is 25.1 Å². The van der Waals surface area contributed by atoms with Crippen LogP contribution in [0.1, 0.15) is 30.1 Å². The summed E-state index contributed by atoms with van der Waals surface area (Å²) in [6.07, 6.45) is 1.51. The minimum Gasteiger partial charge on any atom is -0.350 e. The summed E-state index contributed by atoms with van der Waals surface area (Å²) in [4.78, 5) is 11.5. The van der Waals surface area contributed by atoms with Crippen LogP contribution >= 0.6 is 11.6 Å². The van der Waals surface area contributed by atoms with Crippen molar-refractivity contribution in [2.75, 3.05) is 6.54 Å². The van der Waals surface area contributed by atoms with Gasteiger partial charge in [-0.15, -0.1) is 11.6 Å². The molecule has 100 valence electrons. The van der Waals surface area contributed by atoms with Crippen molar-refractivity contribution in [3.8, 4) is 0 Å². The highest BCUT2D eigenvalue weighted by atomic mass is 35.5. The van der Waals surface area contributed by atoms with Crippen LogP contribution < -0.4 is 5.32 Å². The van der Waals surface area contributed by atoms with Crippen LogP contribution in [-0.4, -0.2) is 17.8 Å². The molecule has 1 N–H and O–H groups in total. The van der Waals surface area contributed by atoms with Crippen molar-refractivity contribution < 1.29 is 18.0 Å². The maximum absolute atomic E-state index is 13.3. The Kier molecular flexibility index (Phi) is 5.47. The van der Waals surface area contributed by atoms with E-state index < -0.39 is 28.9 Å². The summed E-state index contributed by atoms with van der Waals surface area (Å²) in [5.74, 6) is -4.47. The van der Waals surface area contributed by atoms with Crippen molar-refractivity contribution in [3.63, 3.8) is 0 Å². The smallest absolute Gasteiger partial charge is 0.257 e. The first-order chi connectivity index (χ1) is 8.45. The normalized spacial score (nSPS) is 12.3. The number of rotatable bonds is 5. The predicted octanol–water partition coefficient (Wildman–Crippen LogP) is 3.24. The van der Waals surface area contributed by atoms with Crippen molar-refractivity contribution in [1.82, 2.24) is 5.32 Å². The largest absolute Gasteiger partial charge is 0.350 e. The van der Waals surface area contributed by atoms with Crippen molar-refractivity contribution >= 4 is 17.5 Å². The van der Waals surface area contributed by atoms with Crippen LogP contribution in [-0.2, 0) is 0 Å². The molecule has 0 aromatic heterocycles. The van der Waals surface area contributed by atoms with Crippen molar-refractivity contribution in [3.05, 3.63) is 35.1 Å². The van der Waals surface area contributed by atoms with Gasteiger partial charge in [0, 0.05) is 18.7 Å². The van der Waals surface area contributed by atoms with Crippen LogP contribution in [0.4, 0.5) is 13.2 Å². The Morgan fingerprint density at radius 3 is 2.39 bits per heavy atom. The molecule has 1 amide bonds. The van der Waals surface area contributed by atoms with E-state index in [-0.39, 0.29) is 11.9 Å². The van der Waals surface area contributed by atoms with E-state index in [9.17, 15) is 18.0 Å². The summed E-state index contributed by atoms with van der Waals surface area (Å²) in [5.41, 5.74) is -0.795. The fraction of sp³-hybridized carbons (Fsp3) is 0.417. The molecule has 2 nitrogen and oxygen atoms in total. The molecule has 0 bridgehead atoms. The molecule has 0 saturated heterocycles. The van der Waals surface area contributed by atoms with Crippen LogP contribution in [0.15, 0.2) is 12.1 Å². The van der Waals surface area contributed by atoms with Gasteiger partial charge >= 0.3 is 0 Å². The molecule has 1 aromatic carbocycles. The van der Waals surface area contributed by atoms with Gasteiger partial charge in [0.15, 0.2) is 0 Å². The highest BCUT2D eigenvalue weighted by molar-refractivity contribution is 6.20. The Morgan fingerprint density at radius 2 is 1.89 bits per heavy atom. The molecule has 1 aromatic rings. The molecule has 0 aliphatic rings. The van der Waals surface area contributed by atoms with E-state index in [1.165, 1.54) is 0 Å². The third-order valence-electron chi connectivity index (χ3n) is 2.32. The molecule has 0 aliphatic carbocycles. The Morgan fingerprint density at radius 1 is 1.33 bits per heavy atom. The van der Waals surface area contributed by atoms with Gasteiger partial charge in [0.05, 0.1) is 5.38 Å². The van der Waals surface area contributed by atoms with E-state index in [0.717, 1.165) is 6.42 Å². The second-order valence-electron chi connectivity index (χ2n) is 3.84. The highest BCUT2D eigenvalue weighted by Crippen LogP contribution is 2.14. The maximum Gasteiger partial charge on any atom is 0.257 e. The molecular formula is C12H13ClF3NO. The van der Waals surface area contributed by atoms with Gasteiger partial charge < -0.3 is 5.32 Å². The monoisotopic (exact) mass is 279 g/mol. The van der Waals surface area contributed by atoms with Crippen LogP contribution in [0.25, 0.3) is 0 Å². The van der Waals surface area contributed by atoms with Gasteiger partial charge in [0.25, 0.3) is 5.91 Å². The van der Waals surface area contributed by atoms with Crippen molar-refractivity contribution in [1.29, 1.82) is 0 Å². The Labute approximate surface area is 108 Å². The number of nitrogens with one attached hydrogen (secondary N) is 1. The molecule has 0 fully saturated rings. The molecule has 0 saturated carbocycles. The molecule has 1 rings (SSSR count). The third-order valence-corrected chi connectivity index (χ3v) is 2.69. The second-order valence-corrected chi connectivity index (χ2v) is 4.46. The Balaban J connectivity index is 2.73. The van der Waals surface area contributed by atoms with Crippen LogP contribution in [0, 0.1) is 17.5 Å². The van der Waals surface area contributed by atoms with E-state index >= 15 is 0 Å². The lowest BCUT2D eigenvalue weighted by Crippen LogP contribution is -2.31. The number of benzene rings is 1. The Bertz CT molecular complexity index is 416. The second kappa shape index (κ2) is 6.64. The molecular weight excluding hydrogens is 267 g/mol. The van der Waals surface area contributed by atoms with E-state index in [4.69, 9.17) is 11.6 Å². The zero-order valence-corrected chi connectivity index (χ0v) is 10.5. The first kappa shape index (κ1) is 14.8. The summed E-state index contributed by atoms with van der Waals surface area (Å²) in [6, 6.07) is 0.921. The summed E-state index contributed by atoms with van der Waals surface area (Å²) in [7, 11) is 0. The summed E-state index contributed by atoms with van der Waals surface area (Å²) in [6.45, 7) is 2.03. The molecule has 0 spiro atoms. The Hall–Kier alpha value is -1.23. The van der Waals surface area contributed by atoms with Gasteiger partial charge in [0.2, 0.25) is 0 Å². The van der Waals surface area contributed by atoms with E-state index in [2.05, 4.69) is 5.32 Å². The van der Waals surface area contributed by atoms with E-state index in [1.807, 2.05) is 6.92 Å². The number of alkyl halides is 1. The maximum atomic E-state index is 13.3. The quantitative estimate of drug-likeness (QED) is 0.824. The number of hydrogen-bond donors (Lipinski definition) is 1. The average molecular weight is 280 g/mol.